The van der Waals surface area contributed by atoms with Crippen LogP contribution in [0.2, 0.25) is 0 Å². The Hall–Kier alpha value is -2.16. The van der Waals surface area contributed by atoms with Crippen molar-refractivity contribution in [3.8, 4) is 5.75 Å². The van der Waals surface area contributed by atoms with E-state index in [1.807, 2.05) is 12.1 Å². The molecule has 2 aromatic carbocycles. The highest BCUT2D eigenvalue weighted by molar-refractivity contribution is 7.86. The van der Waals surface area contributed by atoms with Gasteiger partial charge in [0.25, 0.3) is 10.2 Å². The zero-order valence-corrected chi connectivity index (χ0v) is 14.0. The van der Waals surface area contributed by atoms with Crippen LogP contribution >= 0.6 is 0 Å². The van der Waals surface area contributed by atoms with Crippen molar-refractivity contribution in [2.75, 3.05) is 33.0 Å². The van der Waals surface area contributed by atoms with E-state index in [9.17, 15) is 18.3 Å². The average Bonchev–Trinajstić information content (AvgIpc) is 2.47. The highest BCUT2D eigenvalue weighted by Gasteiger charge is 2.23. The Kier molecular flexibility index (Phi) is 4.88. The molecule has 0 heterocycles. The van der Waals surface area contributed by atoms with Crippen molar-refractivity contribution in [3.05, 3.63) is 36.4 Å². The number of aromatic hydroxyl groups is 1. The first kappa shape index (κ1) is 17.2. The second kappa shape index (κ2) is 6.53. The fourth-order valence-electron chi connectivity index (χ4n) is 2.18. The molecule has 0 unspecified atom stereocenters. The zero-order valence-electron chi connectivity index (χ0n) is 13.1. The summed E-state index contributed by atoms with van der Waals surface area (Å²) in [6.45, 7) is -0.329. The van der Waals surface area contributed by atoms with Gasteiger partial charge in [-0.15, -0.1) is 0 Å². The Morgan fingerprint density at radius 2 is 1.74 bits per heavy atom. The Morgan fingerprint density at radius 3 is 2.35 bits per heavy atom. The molecule has 8 heteroatoms. The summed E-state index contributed by atoms with van der Waals surface area (Å²) in [5.41, 5.74) is 0.432. The van der Waals surface area contributed by atoms with Crippen molar-refractivity contribution in [2.45, 2.75) is 0 Å². The molecule has 0 saturated carbocycles. The molecule has 0 aliphatic rings. The molecule has 0 radical (unpaired) electrons. The van der Waals surface area contributed by atoms with Crippen LogP contribution in [0.5, 0.6) is 5.75 Å². The Morgan fingerprint density at radius 1 is 1.13 bits per heavy atom. The lowest BCUT2D eigenvalue weighted by molar-refractivity contribution is -0.116. The number of hydrogen-bond acceptors (Lipinski definition) is 4. The van der Waals surface area contributed by atoms with Crippen LogP contribution in [0.3, 0.4) is 0 Å². The maximum Gasteiger partial charge on any atom is 0.281 e. The number of carbonyl (C=O) groups is 1. The van der Waals surface area contributed by atoms with Gasteiger partial charge in [-0.25, -0.2) is 0 Å². The number of amides is 1. The summed E-state index contributed by atoms with van der Waals surface area (Å²) in [6.07, 6.45) is 0. The topological polar surface area (TPSA) is 90.0 Å². The van der Waals surface area contributed by atoms with E-state index in [-0.39, 0.29) is 12.3 Å². The van der Waals surface area contributed by atoms with E-state index in [1.165, 1.54) is 27.2 Å². The number of fused-ring (bicyclic) bond motifs is 1. The van der Waals surface area contributed by atoms with Gasteiger partial charge in [0, 0.05) is 26.5 Å². The maximum atomic E-state index is 12.1. The van der Waals surface area contributed by atoms with Crippen molar-refractivity contribution < 1.29 is 18.3 Å². The van der Waals surface area contributed by atoms with E-state index >= 15 is 0 Å². The number of nitrogens with zero attached hydrogens (tertiary/aromatic N) is 2. The predicted octanol–water partition coefficient (Wildman–Crippen LogP) is 1.22. The first-order valence-corrected chi connectivity index (χ1v) is 8.27. The third-order valence-corrected chi connectivity index (χ3v) is 5.22. The number of hydrogen-bond donors (Lipinski definition) is 2. The number of carbonyl (C=O) groups excluding carboxylic acids is 1. The monoisotopic (exact) mass is 337 g/mol. The Labute approximate surface area is 135 Å². The van der Waals surface area contributed by atoms with Crippen LogP contribution in [0.4, 0.5) is 5.69 Å². The van der Waals surface area contributed by atoms with Gasteiger partial charge in [-0.05, 0) is 17.5 Å². The minimum absolute atomic E-state index is 0.0488. The molecule has 2 rings (SSSR count). The predicted molar refractivity (Wildman–Crippen MR) is 89.5 cm³/mol. The number of anilines is 1. The highest BCUT2D eigenvalue weighted by atomic mass is 32.2. The summed E-state index contributed by atoms with van der Waals surface area (Å²) in [6, 6.07) is 10.3. The van der Waals surface area contributed by atoms with Crippen molar-refractivity contribution in [3.63, 3.8) is 0 Å². The van der Waals surface area contributed by atoms with Crippen LogP contribution in [0, 0.1) is 0 Å². The molecular formula is C15H19N3O4S. The van der Waals surface area contributed by atoms with E-state index < -0.39 is 16.1 Å². The summed E-state index contributed by atoms with van der Waals surface area (Å²) < 4.78 is 25.8. The van der Waals surface area contributed by atoms with E-state index in [4.69, 9.17) is 0 Å². The summed E-state index contributed by atoms with van der Waals surface area (Å²) >= 11 is 0. The van der Waals surface area contributed by atoms with Gasteiger partial charge < -0.3 is 10.4 Å². The van der Waals surface area contributed by atoms with Crippen molar-refractivity contribution >= 4 is 32.6 Å². The normalized spacial score (nSPS) is 12.0. The van der Waals surface area contributed by atoms with Gasteiger partial charge in [-0.1, -0.05) is 24.3 Å². The van der Waals surface area contributed by atoms with Crippen molar-refractivity contribution in [1.82, 2.24) is 8.61 Å². The lowest BCUT2D eigenvalue weighted by Crippen LogP contribution is -2.41. The van der Waals surface area contributed by atoms with Gasteiger partial charge in [-0.2, -0.15) is 17.0 Å². The standard InChI is InChI=1S/C15H19N3O4S/c1-17(2)23(21,22)18(3)10-14(20)16-12-8-4-6-11-7-5-9-13(19)15(11)12/h4-9,19H,10H2,1-3H3,(H,16,20). The number of phenolic OH excluding ortho intramolecular Hbond substituents is 1. The van der Waals surface area contributed by atoms with Crippen molar-refractivity contribution in [2.24, 2.45) is 0 Å². The lowest BCUT2D eigenvalue weighted by Gasteiger charge is -2.21. The average molecular weight is 337 g/mol. The first-order valence-electron chi connectivity index (χ1n) is 6.88. The van der Waals surface area contributed by atoms with Gasteiger partial charge in [0.2, 0.25) is 5.91 Å². The molecule has 2 N–H and O–H groups in total. The molecule has 0 aromatic heterocycles. The van der Waals surface area contributed by atoms with Gasteiger partial charge in [0.15, 0.2) is 0 Å². The third-order valence-electron chi connectivity index (χ3n) is 3.38. The molecule has 2 aromatic rings. The van der Waals surface area contributed by atoms with Crippen LogP contribution < -0.4 is 5.32 Å². The molecule has 0 atom stereocenters. The molecular weight excluding hydrogens is 318 g/mol. The quantitative estimate of drug-likeness (QED) is 0.858. The van der Waals surface area contributed by atoms with E-state index in [2.05, 4.69) is 5.32 Å². The van der Waals surface area contributed by atoms with E-state index in [1.54, 1.807) is 18.2 Å². The smallest absolute Gasteiger partial charge is 0.281 e. The molecule has 0 fully saturated rings. The first-order chi connectivity index (χ1) is 10.7. The number of phenols is 1. The number of nitrogens with one attached hydrogen (secondary N) is 1. The largest absolute Gasteiger partial charge is 0.507 e. The molecule has 0 spiro atoms. The summed E-state index contributed by atoms with van der Waals surface area (Å²) in [5.74, 6) is -0.443. The van der Waals surface area contributed by atoms with E-state index in [0.29, 0.717) is 11.1 Å². The Balaban J connectivity index is 2.22. The molecule has 0 bridgehead atoms. The number of rotatable bonds is 5. The second-order valence-corrected chi connectivity index (χ2v) is 7.52. The van der Waals surface area contributed by atoms with Gasteiger partial charge >= 0.3 is 0 Å². The molecule has 0 aliphatic heterocycles. The molecule has 124 valence electrons. The fraction of sp³-hybridized carbons (Fsp3) is 0.267. The Bertz CT molecular complexity index is 828. The van der Waals surface area contributed by atoms with Gasteiger partial charge in [-0.3, -0.25) is 4.79 Å². The van der Waals surface area contributed by atoms with Crippen molar-refractivity contribution in [1.29, 1.82) is 0 Å². The van der Waals surface area contributed by atoms with Crippen LogP contribution in [0.1, 0.15) is 0 Å². The molecule has 7 nitrogen and oxygen atoms in total. The van der Waals surface area contributed by atoms with Gasteiger partial charge in [0.1, 0.15) is 5.75 Å². The summed E-state index contributed by atoms with van der Waals surface area (Å²) in [4.78, 5) is 12.1. The van der Waals surface area contributed by atoms with Crippen LogP contribution in [0.15, 0.2) is 36.4 Å². The highest BCUT2D eigenvalue weighted by Crippen LogP contribution is 2.31. The molecule has 23 heavy (non-hydrogen) atoms. The van der Waals surface area contributed by atoms with Crippen LogP contribution in [-0.4, -0.2) is 55.7 Å². The SMILES string of the molecule is CN(C)S(=O)(=O)N(C)CC(=O)Nc1cccc2cccc(O)c12. The van der Waals surface area contributed by atoms with Crippen LogP contribution in [-0.2, 0) is 15.0 Å². The minimum atomic E-state index is -3.66. The number of likely N-dealkylation sites (N-methyl/N-ethyl adjacent to an activating group) is 1. The second-order valence-electron chi connectivity index (χ2n) is 5.28. The lowest BCUT2D eigenvalue weighted by atomic mass is 10.1. The van der Waals surface area contributed by atoms with Crippen LogP contribution in [0.25, 0.3) is 10.8 Å². The molecule has 1 amide bonds. The fourth-order valence-corrected chi connectivity index (χ4v) is 3.02. The summed E-state index contributed by atoms with van der Waals surface area (Å²) in [7, 11) is 0.461. The molecule has 0 saturated heterocycles. The van der Waals surface area contributed by atoms with Gasteiger partial charge in [0.05, 0.1) is 12.2 Å². The van der Waals surface area contributed by atoms with E-state index in [0.717, 1.165) is 14.0 Å². The zero-order chi connectivity index (χ0) is 17.2. The third kappa shape index (κ3) is 3.61. The minimum Gasteiger partial charge on any atom is -0.507 e. The maximum absolute atomic E-state index is 12.1. The molecule has 0 aliphatic carbocycles. The summed E-state index contributed by atoms with van der Waals surface area (Å²) in [5, 5.41) is 13.9. The number of benzene rings is 2.